The number of amidine groups is 1. The Morgan fingerprint density at radius 3 is 2.53 bits per heavy atom. The van der Waals surface area contributed by atoms with E-state index in [0.717, 1.165) is 11.3 Å². The molecule has 0 aliphatic carbocycles. The van der Waals surface area contributed by atoms with E-state index < -0.39 is 5.25 Å². The van der Waals surface area contributed by atoms with Crippen molar-refractivity contribution in [3.05, 3.63) is 90.5 Å². The van der Waals surface area contributed by atoms with Gasteiger partial charge in [-0.2, -0.15) is 0 Å². The van der Waals surface area contributed by atoms with Gasteiger partial charge in [0.1, 0.15) is 11.0 Å². The van der Waals surface area contributed by atoms with E-state index >= 15 is 0 Å². The molecule has 2 amide bonds. The van der Waals surface area contributed by atoms with E-state index in [0.29, 0.717) is 36.2 Å². The first kappa shape index (κ1) is 23.6. The maximum atomic E-state index is 13.2. The molecule has 0 aromatic heterocycles. The first-order valence-electron chi connectivity index (χ1n) is 11.3. The number of nitrogens with zero attached hydrogens (tertiary/aromatic N) is 2. The third kappa shape index (κ3) is 6.26. The molecule has 1 aliphatic heterocycles. The molecule has 1 saturated heterocycles. The van der Waals surface area contributed by atoms with Crippen molar-refractivity contribution in [3.8, 4) is 5.75 Å². The first-order chi connectivity index (χ1) is 16.6. The Bertz CT molecular complexity index is 1150. The smallest absolute Gasteiger partial charge is 0.238 e. The summed E-state index contributed by atoms with van der Waals surface area (Å²) in [6.45, 7) is 2.96. The Hall–Kier alpha value is -3.58. The van der Waals surface area contributed by atoms with E-state index in [1.807, 2.05) is 79.7 Å². The SMILES string of the molecule is CCOc1cccc(NC(=O)[C@@H]2CC(=O)N(CCc3ccccc3)C(=Nc3ccccc3)S2)c1. The minimum absolute atomic E-state index is 0.104. The van der Waals surface area contributed by atoms with Crippen LogP contribution in [0, 0.1) is 0 Å². The summed E-state index contributed by atoms with van der Waals surface area (Å²) in [6, 6.07) is 26.8. The summed E-state index contributed by atoms with van der Waals surface area (Å²) in [5.41, 5.74) is 2.53. The van der Waals surface area contributed by atoms with Crippen molar-refractivity contribution in [3.63, 3.8) is 0 Å². The minimum atomic E-state index is -0.571. The quantitative estimate of drug-likeness (QED) is 0.483. The number of amides is 2. The Balaban J connectivity index is 1.52. The predicted molar refractivity (Wildman–Crippen MR) is 138 cm³/mol. The van der Waals surface area contributed by atoms with Crippen molar-refractivity contribution in [2.24, 2.45) is 4.99 Å². The molecule has 1 aliphatic rings. The van der Waals surface area contributed by atoms with E-state index in [-0.39, 0.29) is 18.2 Å². The number of carbonyl (C=O) groups excluding carboxylic acids is 2. The highest BCUT2D eigenvalue weighted by Gasteiger charge is 2.35. The van der Waals surface area contributed by atoms with Gasteiger partial charge in [0.05, 0.1) is 12.3 Å². The van der Waals surface area contributed by atoms with Gasteiger partial charge in [0.25, 0.3) is 0 Å². The van der Waals surface area contributed by atoms with Crippen molar-refractivity contribution in [1.82, 2.24) is 4.90 Å². The van der Waals surface area contributed by atoms with Crippen LogP contribution in [0.25, 0.3) is 0 Å². The largest absolute Gasteiger partial charge is 0.494 e. The molecule has 0 spiro atoms. The first-order valence-corrected chi connectivity index (χ1v) is 12.2. The average Bonchev–Trinajstić information content (AvgIpc) is 2.85. The zero-order valence-corrected chi connectivity index (χ0v) is 19.8. The number of para-hydroxylation sites is 1. The van der Waals surface area contributed by atoms with Crippen LogP contribution in [0.2, 0.25) is 0 Å². The van der Waals surface area contributed by atoms with Crippen LogP contribution in [0.15, 0.2) is 89.9 Å². The fourth-order valence-corrected chi connectivity index (χ4v) is 4.74. The number of anilines is 1. The molecule has 0 radical (unpaired) electrons. The van der Waals surface area contributed by atoms with Gasteiger partial charge in [0.15, 0.2) is 5.17 Å². The number of ether oxygens (including phenoxy) is 1. The van der Waals surface area contributed by atoms with Crippen molar-refractivity contribution in [1.29, 1.82) is 0 Å². The molecule has 1 N–H and O–H groups in total. The van der Waals surface area contributed by atoms with Gasteiger partial charge < -0.3 is 10.1 Å². The summed E-state index contributed by atoms with van der Waals surface area (Å²) < 4.78 is 5.52. The molecule has 0 bridgehead atoms. The minimum Gasteiger partial charge on any atom is -0.494 e. The van der Waals surface area contributed by atoms with Crippen molar-refractivity contribution < 1.29 is 14.3 Å². The zero-order chi connectivity index (χ0) is 23.8. The summed E-state index contributed by atoms with van der Waals surface area (Å²) in [6.07, 6.45) is 0.826. The summed E-state index contributed by atoms with van der Waals surface area (Å²) in [7, 11) is 0. The van der Waals surface area contributed by atoms with Gasteiger partial charge in [-0.1, -0.05) is 66.4 Å². The van der Waals surface area contributed by atoms with Crippen LogP contribution in [0.4, 0.5) is 11.4 Å². The molecule has 6 nitrogen and oxygen atoms in total. The molecule has 3 aromatic carbocycles. The van der Waals surface area contributed by atoms with Gasteiger partial charge in [-0.3, -0.25) is 14.5 Å². The van der Waals surface area contributed by atoms with Crippen LogP contribution in [0.3, 0.4) is 0 Å². The zero-order valence-electron chi connectivity index (χ0n) is 19.0. The standard InChI is InChI=1S/C27H27N3O3S/c1-2-33-23-15-9-14-22(18-23)28-26(32)24-19-25(31)30(17-16-20-10-5-3-6-11-20)27(34-24)29-21-12-7-4-8-13-21/h3-15,18,24H,2,16-17,19H2,1H3,(H,28,32)/t24-/m0/s1. The summed E-state index contributed by atoms with van der Waals surface area (Å²) in [5, 5.41) is 2.90. The maximum absolute atomic E-state index is 13.2. The van der Waals surface area contributed by atoms with Crippen molar-refractivity contribution >= 4 is 40.1 Å². The number of carbonyl (C=O) groups is 2. The normalized spacial score (nSPS) is 17.0. The van der Waals surface area contributed by atoms with Crippen LogP contribution < -0.4 is 10.1 Å². The predicted octanol–water partition coefficient (Wildman–Crippen LogP) is 5.29. The van der Waals surface area contributed by atoms with E-state index in [1.165, 1.54) is 11.8 Å². The van der Waals surface area contributed by atoms with Crippen LogP contribution >= 0.6 is 11.8 Å². The second kappa shape index (κ2) is 11.5. The molecule has 3 aromatic rings. The van der Waals surface area contributed by atoms with Gasteiger partial charge in [-0.25, -0.2) is 4.99 Å². The van der Waals surface area contributed by atoms with Crippen molar-refractivity contribution in [2.75, 3.05) is 18.5 Å². The molecule has 1 fully saturated rings. The highest BCUT2D eigenvalue weighted by Crippen LogP contribution is 2.30. The van der Waals surface area contributed by atoms with E-state index in [2.05, 4.69) is 5.32 Å². The number of thioether (sulfide) groups is 1. The van der Waals surface area contributed by atoms with E-state index in [4.69, 9.17) is 9.73 Å². The van der Waals surface area contributed by atoms with Gasteiger partial charge in [0, 0.05) is 24.7 Å². The average molecular weight is 474 g/mol. The lowest BCUT2D eigenvalue weighted by Crippen LogP contribution is -2.46. The number of nitrogens with one attached hydrogen (secondary N) is 1. The summed E-state index contributed by atoms with van der Waals surface area (Å²) >= 11 is 1.33. The lowest BCUT2D eigenvalue weighted by Gasteiger charge is -2.32. The molecule has 0 saturated carbocycles. The third-order valence-electron chi connectivity index (χ3n) is 5.29. The van der Waals surface area contributed by atoms with Crippen LogP contribution in [0.1, 0.15) is 18.9 Å². The Morgan fingerprint density at radius 2 is 1.79 bits per heavy atom. The Morgan fingerprint density at radius 1 is 1.06 bits per heavy atom. The van der Waals surface area contributed by atoms with E-state index in [9.17, 15) is 9.59 Å². The summed E-state index contributed by atoms with van der Waals surface area (Å²) in [5.74, 6) is 0.356. The van der Waals surface area contributed by atoms with Crippen LogP contribution in [-0.4, -0.2) is 40.3 Å². The number of hydrogen-bond acceptors (Lipinski definition) is 5. The molecule has 4 rings (SSSR count). The Kier molecular flexibility index (Phi) is 7.99. The number of rotatable bonds is 8. The topological polar surface area (TPSA) is 71.0 Å². The second-order valence-corrected chi connectivity index (χ2v) is 8.94. The third-order valence-corrected chi connectivity index (χ3v) is 6.48. The highest BCUT2D eigenvalue weighted by atomic mass is 32.2. The molecular weight excluding hydrogens is 446 g/mol. The molecule has 7 heteroatoms. The fraction of sp³-hybridized carbons (Fsp3) is 0.222. The van der Waals surface area contributed by atoms with Gasteiger partial charge in [-0.05, 0) is 43.2 Å². The number of benzene rings is 3. The monoisotopic (exact) mass is 473 g/mol. The second-order valence-electron chi connectivity index (χ2n) is 7.77. The Labute approximate surface area is 204 Å². The van der Waals surface area contributed by atoms with Gasteiger partial charge in [-0.15, -0.1) is 0 Å². The number of aliphatic imine (C=N–C) groups is 1. The molecule has 1 atom stereocenters. The van der Waals surface area contributed by atoms with Gasteiger partial charge >= 0.3 is 0 Å². The molecule has 1 heterocycles. The lowest BCUT2D eigenvalue weighted by molar-refractivity contribution is -0.129. The lowest BCUT2D eigenvalue weighted by atomic mass is 10.1. The van der Waals surface area contributed by atoms with E-state index in [1.54, 1.807) is 17.0 Å². The van der Waals surface area contributed by atoms with Crippen LogP contribution in [-0.2, 0) is 16.0 Å². The number of hydrogen-bond donors (Lipinski definition) is 1. The fourth-order valence-electron chi connectivity index (χ4n) is 3.61. The van der Waals surface area contributed by atoms with Crippen molar-refractivity contribution in [2.45, 2.75) is 25.0 Å². The molecule has 174 valence electrons. The van der Waals surface area contributed by atoms with Crippen LogP contribution in [0.5, 0.6) is 5.75 Å². The maximum Gasteiger partial charge on any atom is 0.238 e. The molecule has 0 unspecified atom stereocenters. The summed E-state index contributed by atoms with van der Waals surface area (Å²) in [4.78, 5) is 32.6. The molecule has 34 heavy (non-hydrogen) atoms. The van der Waals surface area contributed by atoms with Gasteiger partial charge in [0.2, 0.25) is 11.8 Å². The highest BCUT2D eigenvalue weighted by molar-refractivity contribution is 8.15. The molecular formula is C27H27N3O3S.